The van der Waals surface area contributed by atoms with Crippen LogP contribution < -0.4 is 0 Å². The van der Waals surface area contributed by atoms with Gasteiger partial charge in [0.25, 0.3) is 11.6 Å². The van der Waals surface area contributed by atoms with E-state index >= 15 is 0 Å². The van der Waals surface area contributed by atoms with Gasteiger partial charge in [-0.25, -0.2) is 0 Å². The molecule has 0 bridgehead atoms. The maximum atomic E-state index is 12.2. The number of aliphatic hydroxyl groups is 1. The largest absolute Gasteiger partial charge is 0.386 e. The number of rotatable bonds is 3. The van der Waals surface area contributed by atoms with Gasteiger partial charge in [0.2, 0.25) is 0 Å². The van der Waals surface area contributed by atoms with Gasteiger partial charge in [0.15, 0.2) is 0 Å². The number of nitro groups is 1. The van der Waals surface area contributed by atoms with Crippen molar-refractivity contribution in [1.82, 2.24) is 9.47 Å². The minimum atomic E-state index is -0.841. The Balaban J connectivity index is 2.12. The third kappa shape index (κ3) is 2.21. The summed E-state index contributed by atoms with van der Waals surface area (Å²) in [6, 6.07) is 1.26. The van der Waals surface area contributed by atoms with Crippen LogP contribution in [-0.2, 0) is 7.05 Å². The average Bonchev–Trinajstić information content (AvgIpc) is 2.66. The highest BCUT2D eigenvalue weighted by molar-refractivity contribution is 5.94. The first-order valence-electron chi connectivity index (χ1n) is 6.07. The van der Waals surface area contributed by atoms with Gasteiger partial charge in [-0.3, -0.25) is 14.9 Å². The predicted octanol–water partition coefficient (Wildman–Crippen LogP) is 0.776. The van der Waals surface area contributed by atoms with Gasteiger partial charge in [-0.15, -0.1) is 0 Å². The Bertz CT molecular complexity index is 529. The summed E-state index contributed by atoms with van der Waals surface area (Å²) in [6.07, 6.45) is 1.31. The van der Waals surface area contributed by atoms with Crippen molar-refractivity contribution >= 4 is 11.6 Å². The molecule has 0 saturated carbocycles. The summed E-state index contributed by atoms with van der Waals surface area (Å²) in [6.45, 7) is 4.33. The standard InChI is InChI=1S/C12H17N3O4/c1-8(2)12(17)6-14(7-12)11(16)10-4-9(15(18)19)5-13(10)3/h4-5,8,17H,6-7H2,1-3H3. The van der Waals surface area contributed by atoms with Gasteiger partial charge in [0.1, 0.15) is 11.3 Å². The van der Waals surface area contributed by atoms with Gasteiger partial charge < -0.3 is 14.6 Å². The molecule has 0 atom stereocenters. The van der Waals surface area contributed by atoms with Crippen LogP contribution in [0.2, 0.25) is 0 Å². The highest BCUT2D eigenvalue weighted by Crippen LogP contribution is 2.30. The van der Waals surface area contributed by atoms with Crippen LogP contribution in [0.4, 0.5) is 5.69 Å². The molecule has 0 unspecified atom stereocenters. The molecule has 1 aromatic rings. The highest BCUT2D eigenvalue weighted by atomic mass is 16.6. The van der Waals surface area contributed by atoms with Crippen molar-refractivity contribution in [2.24, 2.45) is 13.0 Å². The van der Waals surface area contributed by atoms with Crippen LogP contribution in [0.5, 0.6) is 0 Å². The molecule has 104 valence electrons. The second-order valence-electron chi connectivity index (χ2n) is 5.37. The lowest BCUT2D eigenvalue weighted by Gasteiger charge is -2.48. The zero-order valence-electron chi connectivity index (χ0n) is 11.2. The van der Waals surface area contributed by atoms with Crippen LogP contribution in [0.1, 0.15) is 24.3 Å². The zero-order chi connectivity index (χ0) is 14.4. The molecule has 7 nitrogen and oxygen atoms in total. The van der Waals surface area contributed by atoms with E-state index in [0.717, 1.165) is 0 Å². The van der Waals surface area contributed by atoms with Gasteiger partial charge in [-0.05, 0) is 5.92 Å². The molecule has 7 heteroatoms. The molecule has 1 N–H and O–H groups in total. The molecule has 1 amide bonds. The molecular formula is C12H17N3O4. The Morgan fingerprint density at radius 1 is 1.53 bits per heavy atom. The van der Waals surface area contributed by atoms with E-state index in [0.29, 0.717) is 0 Å². The number of carbonyl (C=O) groups is 1. The normalized spacial score (nSPS) is 17.4. The number of nitrogens with zero attached hydrogens (tertiary/aromatic N) is 3. The molecule has 0 aliphatic carbocycles. The van der Waals surface area contributed by atoms with Crippen molar-refractivity contribution in [1.29, 1.82) is 0 Å². The van der Waals surface area contributed by atoms with E-state index in [1.165, 1.54) is 21.7 Å². The van der Waals surface area contributed by atoms with Gasteiger partial charge in [0.05, 0.1) is 24.2 Å². The van der Waals surface area contributed by atoms with E-state index in [9.17, 15) is 20.0 Å². The first-order valence-corrected chi connectivity index (χ1v) is 6.07. The number of likely N-dealkylation sites (tertiary alicyclic amines) is 1. The Hall–Kier alpha value is -1.89. The Kier molecular flexibility index (Phi) is 3.09. The second kappa shape index (κ2) is 4.34. The van der Waals surface area contributed by atoms with E-state index in [1.807, 2.05) is 13.8 Å². The van der Waals surface area contributed by atoms with Crippen LogP contribution in [-0.4, -0.2) is 44.1 Å². The molecular weight excluding hydrogens is 250 g/mol. The summed E-state index contributed by atoms with van der Waals surface area (Å²) in [5, 5.41) is 20.8. The lowest BCUT2D eigenvalue weighted by molar-refractivity contribution is -0.384. The molecule has 1 aliphatic rings. The Labute approximate surface area is 110 Å². The van der Waals surface area contributed by atoms with Crippen molar-refractivity contribution in [3.63, 3.8) is 0 Å². The van der Waals surface area contributed by atoms with E-state index in [-0.39, 0.29) is 36.3 Å². The maximum Gasteiger partial charge on any atom is 0.287 e. The molecule has 19 heavy (non-hydrogen) atoms. The first kappa shape index (κ1) is 13.5. The first-order chi connectivity index (χ1) is 8.74. The van der Waals surface area contributed by atoms with Crippen molar-refractivity contribution in [2.75, 3.05) is 13.1 Å². The topological polar surface area (TPSA) is 88.6 Å². The van der Waals surface area contributed by atoms with Gasteiger partial charge in [-0.1, -0.05) is 13.8 Å². The fourth-order valence-corrected chi connectivity index (χ4v) is 2.15. The average molecular weight is 267 g/mol. The Morgan fingerprint density at radius 2 is 2.11 bits per heavy atom. The zero-order valence-corrected chi connectivity index (χ0v) is 11.2. The third-order valence-electron chi connectivity index (χ3n) is 3.71. The van der Waals surface area contributed by atoms with E-state index in [1.54, 1.807) is 7.05 Å². The third-order valence-corrected chi connectivity index (χ3v) is 3.71. The van der Waals surface area contributed by atoms with Crippen LogP contribution in [0.25, 0.3) is 0 Å². The van der Waals surface area contributed by atoms with Gasteiger partial charge in [0, 0.05) is 13.1 Å². The van der Waals surface area contributed by atoms with E-state index in [2.05, 4.69) is 0 Å². The van der Waals surface area contributed by atoms with E-state index in [4.69, 9.17) is 0 Å². The molecule has 2 rings (SSSR count). The lowest BCUT2D eigenvalue weighted by Crippen LogP contribution is -2.66. The SMILES string of the molecule is CC(C)C1(O)CN(C(=O)c2cc([N+](=O)[O-])cn2C)C1. The second-order valence-corrected chi connectivity index (χ2v) is 5.37. The molecule has 1 aromatic heterocycles. The number of hydrogen-bond donors (Lipinski definition) is 1. The number of β-amino-alcohol motifs (C(OH)–C–C–N with tert-alkyl or cyclic N) is 1. The smallest absolute Gasteiger partial charge is 0.287 e. The van der Waals surface area contributed by atoms with Crippen molar-refractivity contribution < 1.29 is 14.8 Å². The molecule has 0 aromatic carbocycles. The number of aryl methyl sites for hydroxylation is 1. The fraction of sp³-hybridized carbons (Fsp3) is 0.583. The van der Waals surface area contributed by atoms with Gasteiger partial charge >= 0.3 is 0 Å². The quantitative estimate of drug-likeness (QED) is 0.647. The molecule has 1 saturated heterocycles. The van der Waals surface area contributed by atoms with Crippen LogP contribution >= 0.6 is 0 Å². The molecule has 1 aliphatic heterocycles. The fourth-order valence-electron chi connectivity index (χ4n) is 2.15. The van der Waals surface area contributed by atoms with Crippen LogP contribution in [0, 0.1) is 16.0 Å². The summed E-state index contributed by atoms with van der Waals surface area (Å²) in [7, 11) is 1.59. The van der Waals surface area contributed by atoms with Crippen molar-refractivity contribution in [3.8, 4) is 0 Å². The number of hydrogen-bond acceptors (Lipinski definition) is 4. The minimum Gasteiger partial charge on any atom is -0.386 e. The maximum absolute atomic E-state index is 12.2. The summed E-state index contributed by atoms with van der Waals surface area (Å²) in [4.78, 5) is 23.8. The summed E-state index contributed by atoms with van der Waals surface area (Å²) in [5.41, 5.74) is -0.685. The molecule has 0 radical (unpaired) electrons. The van der Waals surface area contributed by atoms with Crippen LogP contribution in [0.3, 0.4) is 0 Å². The van der Waals surface area contributed by atoms with Crippen molar-refractivity contribution in [2.45, 2.75) is 19.4 Å². The van der Waals surface area contributed by atoms with Crippen LogP contribution in [0.15, 0.2) is 12.3 Å². The van der Waals surface area contributed by atoms with Crippen molar-refractivity contribution in [3.05, 3.63) is 28.1 Å². The summed E-state index contributed by atoms with van der Waals surface area (Å²) >= 11 is 0. The highest BCUT2D eigenvalue weighted by Gasteiger charge is 2.46. The predicted molar refractivity (Wildman–Crippen MR) is 67.8 cm³/mol. The van der Waals surface area contributed by atoms with Gasteiger partial charge in [-0.2, -0.15) is 0 Å². The molecule has 1 fully saturated rings. The number of aromatic nitrogens is 1. The number of carbonyl (C=O) groups excluding carboxylic acids is 1. The Morgan fingerprint density at radius 3 is 2.53 bits per heavy atom. The summed E-state index contributed by atoms with van der Waals surface area (Å²) in [5.74, 6) is -0.222. The van der Waals surface area contributed by atoms with E-state index < -0.39 is 10.5 Å². The number of amides is 1. The monoisotopic (exact) mass is 267 g/mol. The summed E-state index contributed by atoms with van der Waals surface area (Å²) < 4.78 is 1.44. The molecule has 2 heterocycles. The minimum absolute atomic E-state index is 0.0688. The lowest BCUT2D eigenvalue weighted by atomic mass is 9.83. The molecule has 0 spiro atoms.